The van der Waals surface area contributed by atoms with E-state index in [1.54, 1.807) is 6.07 Å². The van der Waals surface area contributed by atoms with Crippen LogP contribution in [0.1, 0.15) is 25.3 Å². The van der Waals surface area contributed by atoms with Crippen molar-refractivity contribution in [1.29, 1.82) is 0 Å². The number of carbonyl (C=O) groups is 1. The third kappa shape index (κ3) is 4.66. The van der Waals surface area contributed by atoms with Crippen LogP contribution < -0.4 is 15.8 Å². The average molecular weight is 420 g/mol. The Hall–Kier alpha value is -3.48. The van der Waals surface area contributed by atoms with Gasteiger partial charge in [-0.05, 0) is 61.2 Å². The third-order valence-corrected chi connectivity index (χ3v) is 5.63. The van der Waals surface area contributed by atoms with Crippen LogP contribution in [0.3, 0.4) is 0 Å². The average Bonchev–Trinajstić information content (AvgIpc) is 2.80. The Balaban J connectivity index is 1.52. The molecule has 0 spiro atoms. The summed E-state index contributed by atoms with van der Waals surface area (Å²) in [5.41, 5.74) is 2.17. The number of hydrogen-bond acceptors (Lipinski definition) is 4. The molecule has 0 aliphatic carbocycles. The number of halogens is 1. The summed E-state index contributed by atoms with van der Waals surface area (Å²) in [5, 5.41) is 7.56. The van der Waals surface area contributed by atoms with Crippen molar-refractivity contribution >= 4 is 17.4 Å². The van der Waals surface area contributed by atoms with Crippen LogP contribution in [0.25, 0.3) is 5.69 Å². The van der Waals surface area contributed by atoms with Crippen molar-refractivity contribution in [3.05, 3.63) is 82.4 Å². The van der Waals surface area contributed by atoms with E-state index in [1.165, 1.54) is 35.0 Å². The standard InChI is InChI=1S/C24H25FN4O2/c1-2-17-6-3-4-8-21(17)26-24(31)18-7-5-15-28(16-18)22-13-14-23(30)29(27-22)20-11-9-19(25)10-12-20/h3-4,6,8-14,18H,2,5,7,15-16H2,1H3,(H,26,31)/t18-/m1/s1. The lowest BCUT2D eigenvalue weighted by Crippen LogP contribution is -2.42. The van der Waals surface area contributed by atoms with E-state index >= 15 is 0 Å². The fourth-order valence-electron chi connectivity index (χ4n) is 3.92. The molecule has 1 aliphatic rings. The maximum absolute atomic E-state index is 13.2. The van der Waals surface area contributed by atoms with E-state index in [0.29, 0.717) is 18.1 Å². The van der Waals surface area contributed by atoms with E-state index in [0.717, 1.165) is 37.1 Å². The van der Waals surface area contributed by atoms with Gasteiger partial charge in [0.15, 0.2) is 0 Å². The van der Waals surface area contributed by atoms with Gasteiger partial charge in [0.2, 0.25) is 5.91 Å². The molecule has 6 nitrogen and oxygen atoms in total. The summed E-state index contributed by atoms with van der Waals surface area (Å²) in [6.07, 6.45) is 2.50. The number of carbonyl (C=O) groups excluding carboxylic acids is 1. The van der Waals surface area contributed by atoms with E-state index < -0.39 is 0 Å². The highest BCUT2D eigenvalue weighted by atomic mass is 19.1. The summed E-state index contributed by atoms with van der Waals surface area (Å²) in [6.45, 7) is 3.34. The molecule has 1 saturated heterocycles. The first kappa shape index (κ1) is 20.8. The molecule has 1 fully saturated rings. The number of rotatable bonds is 5. The van der Waals surface area contributed by atoms with Gasteiger partial charge < -0.3 is 10.2 Å². The molecule has 3 aromatic rings. The number of aromatic nitrogens is 2. The number of piperidine rings is 1. The van der Waals surface area contributed by atoms with E-state index in [4.69, 9.17) is 0 Å². The minimum Gasteiger partial charge on any atom is -0.354 e. The lowest BCUT2D eigenvalue weighted by Gasteiger charge is -2.33. The largest absolute Gasteiger partial charge is 0.354 e. The predicted molar refractivity (Wildman–Crippen MR) is 119 cm³/mol. The summed E-state index contributed by atoms with van der Waals surface area (Å²) in [5.74, 6) is 0.0713. The molecular formula is C24H25FN4O2. The van der Waals surface area contributed by atoms with Crippen LogP contribution in [-0.2, 0) is 11.2 Å². The molecule has 1 amide bonds. The zero-order valence-corrected chi connectivity index (χ0v) is 17.4. The van der Waals surface area contributed by atoms with Crippen LogP contribution in [0.15, 0.2) is 65.5 Å². The third-order valence-electron chi connectivity index (χ3n) is 5.63. The van der Waals surface area contributed by atoms with Crippen molar-refractivity contribution in [2.24, 2.45) is 5.92 Å². The lowest BCUT2D eigenvalue weighted by molar-refractivity contribution is -0.120. The van der Waals surface area contributed by atoms with E-state index in [1.807, 2.05) is 29.2 Å². The minimum absolute atomic E-state index is 0.00236. The van der Waals surface area contributed by atoms with E-state index in [2.05, 4.69) is 17.3 Å². The second-order valence-corrected chi connectivity index (χ2v) is 7.70. The molecule has 1 aliphatic heterocycles. The molecule has 2 aromatic carbocycles. The van der Waals surface area contributed by atoms with Crippen molar-refractivity contribution in [3.63, 3.8) is 0 Å². The van der Waals surface area contributed by atoms with Crippen molar-refractivity contribution in [2.45, 2.75) is 26.2 Å². The van der Waals surface area contributed by atoms with Crippen LogP contribution in [0.4, 0.5) is 15.9 Å². The molecule has 0 radical (unpaired) electrons. The predicted octanol–water partition coefficient (Wildman–Crippen LogP) is 3.79. The number of nitrogens with one attached hydrogen (secondary N) is 1. The maximum atomic E-state index is 13.2. The molecule has 31 heavy (non-hydrogen) atoms. The van der Waals surface area contributed by atoms with Gasteiger partial charge in [-0.1, -0.05) is 25.1 Å². The first-order valence-corrected chi connectivity index (χ1v) is 10.5. The van der Waals surface area contributed by atoms with Gasteiger partial charge in [0, 0.05) is 24.8 Å². The molecule has 0 unspecified atom stereocenters. The monoisotopic (exact) mass is 420 g/mol. The van der Waals surface area contributed by atoms with Gasteiger partial charge >= 0.3 is 0 Å². The summed E-state index contributed by atoms with van der Waals surface area (Å²) in [4.78, 5) is 27.3. The molecule has 7 heteroatoms. The Morgan fingerprint density at radius 2 is 1.90 bits per heavy atom. The number of benzene rings is 2. The molecule has 1 atom stereocenters. The van der Waals surface area contributed by atoms with Crippen LogP contribution >= 0.6 is 0 Å². The summed E-state index contributed by atoms with van der Waals surface area (Å²) < 4.78 is 14.5. The number of anilines is 2. The number of para-hydroxylation sites is 1. The topological polar surface area (TPSA) is 67.2 Å². The summed E-state index contributed by atoms with van der Waals surface area (Å²) in [6, 6.07) is 16.6. The number of aryl methyl sites for hydroxylation is 1. The van der Waals surface area contributed by atoms with Crippen molar-refractivity contribution in [3.8, 4) is 5.69 Å². The second kappa shape index (κ2) is 9.12. The second-order valence-electron chi connectivity index (χ2n) is 7.70. The summed E-state index contributed by atoms with van der Waals surface area (Å²) in [7, 11) is 0. The molecule has 0 saturated carbocycles. The molecule has 2 heterocycles. The lowest BCUT2D eigenvalue weighted by atomic mass is 9.96. The Labute approximate surface area is 180 Å². The van der Waals surface area contributed by atoms with Gasteiger partial charge in [0.05, 0.1) is 11.6 Å². The van der Waals surface area contributed by atoms with Crippen LogP contribution in [-0.4, -0.2) is 28.8 Å². The quantitative estimate of drug-likeness (QED) is 0.682. The highest BCUT2D eigenvalue weighted by molar-refractivity contribution is 5.93. The Kier molecular flexibility index (Phi) is 6.11. The normalized spacial score (nSPS) is 16.2. The van der Waals surface area contributed by atoms with Gasteiger partial charge in [0.25, 0.3) is 5.56 Å². The van der Waals surface area contributed by atoms with Crippen molar-refractivity contribution in [2.75, 3.05) is 23.3 Å². The van der Waals surface area contributed by atoms with Crippen LogP contribution in [0.5, 0.6) is 0 Å². The fraction of sp³-hybridized carbons (Fsp3) is 0.292. The molecular weight excluding hydrogens is 395 g/mol. The molecule has 0 bridgehead atoms. The zero-order valence-electron chi connectivity index (χ0n) is 17.4. The fourth-order valence-corrected chi connectivity index (χ4v) is 3.92. The van der Waals surface area contributed by atoms with Gasteiger partial charge in [0.1, 0.15) is 11.6 Å². The first-order chi connectivity index (χ1) is 15.0. The first-order valence-electron chi connectivity index (χ1n) is 10.5. The Morgan fingerprint density at radius 1 is 1.13 bits per heavy atom. The Bertz CT molecular complexity index is 1130. The number of hydrogen-bond donors (Lipinski definition) is 1. The van der Waals surface area contributed by atoms with Crippen molar-refractivity contribution in [1.82, 2.24) is 9.78 Å². The minimum atomic E-state index is -0.373. The van der Waals surface area contributed by atoms with E-state index in [9.17, 15) is 14.0 Å². The summed E-state index contributed by atoms with van der Waals surface area (Å²) >= 11 is 0. The van der Waals surface area contributed by atoms with Gasteiger partial charge in [-0.15, -0.1) is 5.10 Å². The highest BCUT2D eigenvalue weighted by Gasteiger charge is 2.27. The highest BCUT2D eigenvalue weighted by Crippen LogP contribution is 2.24. The van der Waals surface area contributed by atoms with Gasteiger partial charge in [-0.25, -0.2) is 4.39 Å². The zero-order chi connectivity index (χ0) is 21.8. The van der Waals surface area contributed by atoms with Crippen LogP contribution in [0, 0.1) is 11.7 Å². The SMILES string of the molecule is CCc1ccccc1NC(=O)[C@@H]1CCCN(c2ccc(=O)n(-c3ccc(F)cc3)n2)C1. The molecule has 160 valence electrons. The molecule has 4 rings (SSSR count). The number of nitrogens with zero attached hydrogens (tertiary/aromatic N) is 3. The molecule has 1 N–H and O–H groups in total. The smallest absolute Gasteiger partial charge is 0.271 e. The maximum Gasteiger partial charge on any atom is 0.271 e. The van der Waals surface area contributed by atoms with Crippen molar-refractivity contribution < 1.29 is 9.18 Å². The van der Waals surface area contributed by atoms with Crippen LogP contribution in [0.2, 0.25) is 0 Å². The Morgan fingerprint density at radius 3 is 2.68 bits per heavy atom. The van der Waals surface area contributed by atoms with E-state index in [-0.39, 0.29) is 23.2 Å². The van der Waals surface area contributed by atoms with Gasteiger partial charge in [-0.2, -0.15) is 4.68 Å². The van der Waals surface area contributed by atoms with Gasteiger partial charge in [-0.3, -0.25) is 9.59 Å². The number of amides is 1. The molecule has 1 aromatic heterocycles.